The van der Waals surface area contributed by atoms with E-state index in [-0.39, 0.29) is 21.4 Å². The Kier molecular flexibility index (Phi) is 4.17. The predicted octanol–water partition coefficient (Wildman–Crippen LogP) is 3.02. The third-order valence-electron chi connectivity index (χ3n) is 2.31. The van der Waals surface area contributed by atoms with Crippen molar-refractivity contribution >= 4 is 48.9 Å². The van der Waals surface area contributed by atoms with E-state index in [1.165, 1.54) is 12.3 Å². The van der Waals surface area contributed by atoms with Crippen LogP contribution in [0.3, 0.4) is 0 Å². The van der Waals surface area contributed by atoms with E-state index < -0.39 is 15.8 Å². The van der Waals surface area contributed by atoms with Gasteiger partial charge in [-0.2, -0.15) is 0 Å². The molecule has 20 heavy (non-hydrogen) atoms. The molecule has 0 unspecified atom stereocenters. The van der Waals surface area contributed by atoms with Gasteiger partial charge in [-0.25, -0.2) is 17.8 Å². The molecule has 0 aliphatic heterocycles. The number of halogens is 3. The summed E-state index contributed by atoms with van der Waals surface area (Å²) >= 11 is 8.84. The number of benzene rings is 1. The zero-order valence-electron chi connectivity index (χ0n) is 9.77. The summed E-state index contributed by atoms with van der Waals surface area (Å²) < 4.78 is 39.9. The molecule has 0 bridgehead atoms. The molecule has 9 heteroatoms. The second-order valence-electron chi connectivity index (χ2n) is 3.78. The number of nitrogens with one attached hydrogen (secondary N) is 1. The number of rotatable bonds is 3. The van der Waals surface area contributed by atoms with Crippen molar-refractivity contribution in [1.29, 1.82) is 0 Å². The lowest BCUT2D eigenvalue weighted by molar-refractivity contribution is 0.600. The molecule has 0 saturated heterocycles. The minimum Gasteiger partial charge on any atom is -0.398 e. The van der Waals surface area contributed by atoms with Gasteiger partial charge in [0, 0.05) is 0 Å². The Labute approximate surface area is 128 Å². The van der Waals surface area contributed by atoms with Crippen molar-refractivity contribution in [1.82, 2.24) is 4.98 Å². The van der Waals surface area contributed by atoms with E-state index in [1.54, 1.807) is 0 Å². The average molecular weight is 381 g/mol. The van der Waals surface area contributed by atoms with Gasteiger partial charge in [0.1, 0.15) is 15.9 Å². The summed E-state index contributed by atoms with van der Waals surface area (Å²) in [7, 11) is -3.94. The first-order valence-electron chi connectivity index (χ1n) is 5.18. The third-order valence-corrected chi connectivity index (χ3v) is 4.90. The number of sulfonamides is 1. The molecule has 0 fully saturated rings. The highest BCUT2D eigenvalue weighted by Crippen LogP contribution is 2.26. The van der Waals surface area contributed by atoms with Gasteiger partial charge in [-0.15, -0.1) is 0 Å². The Morgan fingerprint density at radius 2 is 2.05 bits per heavy atom. The van der Waals surface area contributed by atoms with Crippen LogP contribution in [0.15, 0.2) is 39.8 Å². The molecule has 1 heterocycles. The standard InChI is InChI=1S/C11H8BrClFN3O2S/c12-8-4-7(5-16-11(8)13)17-20(18,19)10-2-1-6(14)3-9(10)15/h1-5,17H,15H2. The molecular formula is C11H8BrClFN3O2S. The smallest absolute Gasteiger partial charge is 0.263 e. The van der Waals surface area contributed by atoms with Crippen LogP contribution in [0.4, 0.5) is 15.8 Å². The maximum absolute atomic E-state index is 12.9. The van der Waals surface area contributed by atoms with Crippen molar-refractivity contribution in [3.63, 3.8) is 0 Å². The number of anilines is 2. The summed E-state index contributed by atoms with van der Waals surface area (Å²) in [5, 5.41) is 0.203. The summed E-state index contributed by atoms with van der Waals surface area (Å²) in [6, 6.07) is 4.49. The van der Waals surface area contributed by atoms with Gasteiger partial charge in [-0.1, -0.05) is 11.6 Å². The zero-order chi connectivity index (χ0) is 14.9. The maximum Gasteiger partial charge on any atom is 0.263 e. The van der Waals surface area contributed by atoms with E-state index in [0.29, 0.717) is 4.47 Å². The van der Waals surface area contributed by atoms with Crippen molar-refractivity contribution in [2.24, 2.45) is 0 Å². The van der Waals surface area contributed by atoms with Gasteiger partial charge in [0.2, 0.25) is 0 Å². The van der Waals surface area contributed by atoms with Gasteiger partial charge < -0.3 is 5.73 Å². The van der Waals surface area contributed by atoms with Gasteiger partial charge in [-0.3, -0.25) is 4.72 Å². The minimum absolute atomic E-state index is 0.182. The summed E-state index contributed by atoms with van der Waals surface area (Å²) in [5.74, 6) is -0.614. The third kappa shape index (κ3) is 3.20. The number of nitrogens with zero attached hydrogens (tertiary/aromatic N) is 1. The van der Waals surface area contributed by atoms with Crippen LogP contribution < -0.4 is 10.5 Å². The Morgan fingerprint density at radius 3 is 2.65 bits per heavy atom. The monoisotopic (exact) mass is 379 g/mol. The molecule has 1 aromatic heterocycles. The quantitative estimate of drug-likeness (QED) is 0.633. The Balaban J connectivity index is 2.38. The highest BCUT2D eigenvalue weighted by atomic mass is 79.9. The summed E-state index contributed by atoms with van der Waals surface area (Å²) in [6.45, 7) is 0. The number of aromatic nitrogens is 1. The molecule has 2 rings (SSSR count). The first-order valence-corrected chi connectivity index (χ1v) is 7.84. The highest BCUT2D eigenvalue weighted by molar-refractivity contribution is 9.10. The SMILES string of the molecule is Nc1cc(F)ccc1S(=O)(=O)Nc1cnc(Cl)c(Br)c1. The predicted molar refractivity (Wildman–Crippen MR) is 78.6 cm³/mol. The fourth-order valence-electron chi connectivity index (χ4n) is 1.45. The molecule has 5 nitrogen and oxygen atoms in total. The van der Waals surface area contributed by atoms with Crippen molar-refractivity contribution in [2.75, 3.05) is 10.5 Å². The highest BCUT2D eigenvalue weighted by Gasteiger charge is 2.18. The lowest BCUT2D eigenvalue weighted by Crippen LogP contribution is -2.15. The second kappa shape index (κ2) is 5.55. The summed E-state index contributed by atoms with van der Waals surface area (Å²) in [5.41, 5.74) is 5.53. The van der Waals surface area contributed by atoms with Crippen molar-refractivity contribution in [3.8, 4) is 0 Å². The van der Waals surface area contributed by atoms with E-state index in [0.717, 1.165) is 18.2 Å². The molecule has 106 valence electrons. The minimum atomic E-state index is -3.94. The first-order chi connectivity index (χ1) is 9.29. The van der Waals surface area contributed by atoms with E-state index in [4.69, 9.17) is 17.3 Å². The topological polar surface area (TPSA) is 85.1 Å². The van der Waals surface area contributed by atoms with E-state index in [9.17, 15) is 12.8 Å². The van der Waals surface area contributed by atoms with Crippen LogP contribution >= 0.6 is 27.5 Å². The lowest BCUT2D eigenvalue weighted by atomic mass is 10.3. The van der Waals surface area contributed by atoms with Crippen LogP contribution in [0.2, 0.25) is 5.15 Å². The number of hydrogen-bond donors (Lipinski definition) is 2. The Bertz CT molecular complexity index is 770. The summed E-state index contributed by atoms with van der Waals surface area (Å²) in [6.07, 6.45) is 1.25. The molecule has 0 amide bonds. The first kappa shape index (κ1) is 15.0. The fraction of sp³-hybridized carbons (Fsp3) is 0. The molecule has 2 aromatic rings. The molecule has 0 spiro atoms. The zero-order valence-corrected chi connectivity index (χ0v) is 12.9. The van der Waals surface area contributed by atoms with Crippen LogP contribution in [0.5, 0.6) is 0 Å². The molecular weight excluding hydrogens is 373 g/mol. The van der Waals surface area contributed by atoms with Crippen LogP contribution in [0, 0.1) is 5.82 Å². The van der Waals surface area contributed by atoms with Crippen LogP contribution in [-0.4, -0.2) is 13.4 Å². The van der Waals surface area contributed by atoms with Gasteiger partial charge >= 0.3 is 0 Å². The van der Waals surface area contributed by atoms with E-state index in [2.05, 4.69) is 25.6 Å². The summed E-state index contributed by atoms with van der Waals surface area (Å²) in [4.78, 5) is 3.58. The largest absolute Gasteiger partial charge is 0.398 e. The van der Waals surface area contributed by atoms with Gasteiger partial charge in [-0.05, 0) is 40.2 Å². The van der Waals surface area contributed by atoms with E-state index in [1.807, 2.05) is 0 Å². The van der Waals surface area contributed by atoms with Gasteiger partial charge in [0.05, 0.1) is 22.0 Å². The fourth-order valence-corrected chi connectivity index (χ4v) is 3.05. The molecule has 0 radical (unpaired) electrons. The molecule has 3 N–H and O–H groups in total. The van der Waals surface area contributed by atoms with Crippen LogP contribution in [0.25, 0.3) is 0 Å². The average Bonchev–Trinajstić information content (AvgIpc) is 2.33. The molecule has 1 aromatic carbocycles. The number of nitrogens with two attached hydrogens (primary N) is 1. The van der Waals surface area contributed by atoms with Crippen molar-refractivity contribution in [2.45, 2.75) is 4.90 Å². The number of nitrogen functional groups attached to an aromatic ring is 1. The van der Waals surface area contributed by atoms with Gasteiger partial charge in [0.25, 0.3) is 10.0 Å². The molecule has 0 aliphatic rings. The molecule has 0 saturated carbocycles. The lowest BCUT2D eigenvalue weighted by Gasteiger charge is -2.10. The normalized spacial score (nSPS) is 11.3. The van der Waals surface area contributed by atoms with Crippen LogP contribution in [-0.2, 0) is 10.0 Å². The van der Waals surface area contributed by atoms with Crippen molar-refractivity contribution in [3.05, 3.63) is 45.9 Å². The number of hydrogen-bond acceptors (Lipinski definition) is 4. The van der Waals surface area contributed by atoms with Crippen LogP contribution in [0.1, 0.15) is 0 Å². The Hall–Kier alpha value is -1.38. The maximum atomic E-state index is 12.9. The van der Waals surface area contributed by atoms with Gasteiger partial charge in [0.15, 0.2) is 0 Å². The second-order valence-corrected chi connectivity index (χ2v) is 6.65. The Morgan fingerprint density at radius 1 is 1.35 bits per heavy atom. The number of pyridine rings is 1. The molecule has 0 aliphatic carbocycles. The van der Waals surface area contributed by atoms with Crippen molar-refractivity contribution < 1.29 is 12.8 Å². The van der Waals surface area contributed by atoms with E-state index >= 15 is 0 Å². The molecule has 0 atom stereocenters.